The Bertz CT molecular complexity index is 409. The minimum atomic E-state index is -0.519. The standard InChI is InChI=1S/C14H18BrF2N/c1-4-18-13(6-5-9(2)3)14-11(16)7-10(15)8-12(14)17/h7-8,13,18H,2,4-6H2,1,3H3. The van der Waals surface area contributed by atoms with Gasteiger partial charge in [0.15, 0.2) is 0 Å². The highest BCUT2D eigenvalue weighted by molar-refractivity contribution is 9.10. The molecule has 1 aromatic carbocycles. The molecule has 18 heavy (non-hydrogen) atoms. The van der Waals surface area contributed by atoms with Crippen molar-refractivity contribution in [3.63, 3.8) is 0 Å². The lowest BCUT2D eigenvalue weighted by atomic mass is 9.99. The molecule has 1 unspecified atom stereocenters. The molecule has 1 rings (SSSR count). The van der Waals surface area contributed by atoms with Gasteiger partial charge in [0.1, 0.15) is 11.6 Å². The summed E-state index contributed by atoms with van der Waals surface area (Å²) in [6.07, 6.45) is 1.38. The molecule has 0 saturated heterocycles. The van der Waals surface area contributed by atoms with Gasteiger partial charge in [0.25, 0.3) is 0 Å². The Kier molecular flexibility index (Phi) is 5.96. The first-order valence-corrected chi connectivity index (χ1v) is 6.77. The van der Waals surface area contributed by atoms with Gasteiger partial charge in [-0.1, -0.05) is 28.4 Å². The summed E-state index contributed by atoms with van der Waals surface area (Å²) < 4.78 is 28.2. The average Bonchev–Trinajstić information content (AvgIpc) is 2.24. The second kappa shape index (κ2) is 7.00. The summed E-state index contributed by atoms with van der Waals surface area (Å²) in [6.45, 7) is 8.31. The van der Waals surface area contributed by atoms with E-state index in [2.05, 4.69) is 27.8 Å². The van der Waals surface area contributed by atoms with Crippen LogP contribution in [0.2, 0.25) is 0 Å². The van der Waals surface area contributed by atoms with E-state index in [1.54, 1.807) is 0 Å². The van der Waals surface area contributed by atoms with Crippen LogP contribution in [-0.4, -0.2) is 6.54 Å². The molecule has 0 fully saturated rings. The van der Waals surface area contributed by atoms with Crippen molar-refractivity contribution in [3.05, 3.63) is 46.0 Å². The van der Waals surface area contributed by atoms with Crippen LogP contribution in [0, 0.1) is 11.6 Å². The Balaban J connectivity index is 3.01. The van der Waals surface area contributed by atoms with E-state index >= 15 is 0 Å². The summed E-state index contributed by atoms with van der Waals surface area (Å²) >= 11 is 3.08. The zero-order valence-electron chi connectivity index (χ0n) is 10.7. The molecule has 0 aliphatic rings. The molecule has 100 valence electrons. The molecule has 0 amide bonds. The van der Waals surface area contributed by atoms with Crippen LogP contribution in [0.3, 0.4) is 0 Å². The SMILES string of the molecule is C=C(C)CCC(NCC)c1c(F)cc(Br)cc1F. The van der Waals surface area contributed by atoms with E-state index in [9.17, 15) is 8.78 Å². The molecule has 4 heteroatoms. The number of halogens is 3. The lowest BCUT2D eigenvalue weighted by molar-refractivity contribution is 0.453. The number of rotatable bonds is 6. The first-order chi connectivity index (χ1) is 8.45. The highest BCUT2D eigenvalue weighted by Gasteiger charge is 2.20. The molecule has 1 N–H and O–H groups in total. The van der Waals surface area contributed by atoms with Crippen molar-refractivity contribution in [2.75, 3.05) is 6.54 Å². The minimum absolute atomic E-state index is 0.112. The van der Waals surface area contributed by atoms with E-state index in [0.29, 0.717) is 17.4 Å². The van der Waals surface area contributed by atoms with Crippen LogP contribution in [0.25, 0.3) is 0 Å². The maximum atomic E-state index is 13.9. The fraction of sp³-hybridized carbons (Fsp3) is 0.429. The summed E-state index contributed by atoms with van der Waals surface area (Å²) in [5.74, 6) is -1.04. The van der Waals surface area contributed by atoms with Crippen LogP contribution in [0.15, 0.2) is 28.8 Å². The highest BCUT2D eigenvalue weighted by atomic mass is 79.9. The molecule has 1 nitrogen and oxygen atoms in total. The fourth-order valence-corrected chi connectivity index (χ4v) is 2.27. The molecule has 0 aliphatic heterocycles. The molecule has 1 atom stereocenters. The lowest BCUT2D eigenvalue weighted by Gasteiger charge is -2.20. The van der Waals surface area contributed by atoms with Gasteiger partial charge >= 0.3 is 0 Å². The van der Waals surface area contributed by atoms with Crippen LogP contribution >= 0.6 is 15.9 Å². The second-order valence-electron chi connectivity index (χ2n) is 4.39. The molecule has 0 radical (unpaired) electrons. The van der Waals surface area contributed by atoms with E-state index < -0.39 is 11.6 Å². The van der Waals surface area contributed by atoms with Gasteiger partial charge in [-0.25, -0.2) is 8.78 Å². The van der Waals surface area contributed by atoms with E-state index in [-0.39, 0.29) is 11.6 Å². The summed E-state index contributed by atoms with van der Waals surface area (Å²) in [5.41, 5.74) is 1.12. The molecule has 0 spiro atoms. The Morgan fingerprint density at radius 2 is 1.94 bits per heavy atom. The van der Waals surface area contributed by atoms with Crippen LogP contribution in [0.5, 0.6) is 0 Å². The van der Waals surface area contributed by atoms with Crippen LogP contribution in [0.1, 0.15) is 38.3 Å². The second-order valence-corrected chi connectivity index (χ2v) is 5.30. The Labute approximate surface area is 115 Å². The van der Waals surface area contributed by atoms with Gasteiger partial charge in [-0.3, -0.25) is 0 Å². The van der Waals surface area contributed by atoms with Crippen LogP contribution in [0.4, 0.5) is 8.78 Å². The first-order valence-electron chi connectivity index (χ1n) is 5.98. The maximum absolute atomic E-state index is 13.9. The number of hydrogen-bond donors (Lipinski definition) is 1. The highest BCUT2D eigenvalue weighted by Crippen LogP contribution is 2.28. The topological polar surface area (TPSA) is 12.0 Å². The molecule has 0 saturated carbocycles. The minimum Gasteiger partial charge on any atom is -0.310 e. The number of nitrogens with one attached hydrogen (secondary N) is 1. The summed E-state index contributed by atoms with van der Waals surface area (Å²) in [6, 6.07) is 2.27. The average molecular weight is 318 g/mol. The third-order valence-electron chi connectivity index (χ3n) is 2.70. The predicted octanol–water partition coefficient (Wildman–Crippen LogP) is 4.73. The van der Waals surface area contributed by atoms with Gasteiger partial charge in [0.05, 0.1) is 0 Å². The molecular formula is C14H18BrF2N. The van der Waals surface area contributed by atoms with Gasteiger partial charge in [0.2, 0.25) is 0 Å². The van der Waals surface area contributed by atoms with Crippen molar-refractivity contribution in [2.45, 2.75) is 32.7 Å². The Morgan fingerprint density at radius 3 is 2.39 bits per heavy atom. The summed E-state index contributed by atoms with van der Waals surface area (Å²) in [5, 5.41) is 3.12. The van der Waals surface area contributed by atoms with Gasteiger partial charge in [-0.15, -0.1) is 6.58 Å². The van der Waals surface area contributed by atoms with Crippen molar-refractivity contribution in [3.8, 4) is 0 Å². The van der Waals surface area contributed by atoms with Crippen molar-refractivity contribution in [1.82, 2.24) is 5.32 Å². The summed E-state index contributed by atoms with van der Waals surface area (Å²) in [4.78, 5) is 0. The molecule has 0 aliphatic carbocycles. The van der Waals surface area contributed by atoms with Crippen LogP contribution in [-0.2, 0) is 0 Å². The smallest absolute Gasteiger partial charge is 0.132 e. The van der Waals surface area contributed by atoms with E-state index in [4.69, 9.17) is 0 Å². The third-order valence-corrected chi connectivity index (χ3v) is 3.16. The zero-order chi connectivity index (χ0) is 13.7. The van der Waals surface area contributed by atoms with Crippen LogP contribution < -0.4 is 5.32 Å². The Hall–Kier alpha value is -0.740. The number of benzene rings is 1. The molecule has 1 aromatic rings. The van der Waals surface area contributed by atoms with Crippen molar-refractivity contribution in [1.29, 1.82) is 0 Å². The van der Waals surface area contributed by atoms with E-state index in [1.165, 1.54) is 12.1 Å². The third kappa shape index (κ3) is 4.18. The van der Waals surface area contributed by atoms with Crippen molar-refractivity contribution < 1.29 is 8.78 Å². The van der Waals surface area contributed by atoms with Crippen molar-refractivity contribution in [2.24, 2.45) is 0 Å². The molecule has 0 bridgehead atoms. The van der Waals surface area contributed by atoms with Gasteiger partial charge in [0, 0.05) is 16.1 Å². The van der Waals surface area contributed by atoms with Gasteiger partial charge in [-0.2, -0.15) is 0 Å². The molecule has 0 heterocycles. The van der Waals surface area contributed by atoms with E-state index in [1.807, 2.05) is 13.8 Å². The van der Waals surface area contributed by atoms with Crippen molar-refractivity contribution >= 4 is 15.9 Å². The maximum Gasteiger partial charge on any atom is 0.132 e. The van der Waals surface area contributed by atoms with Gasteiger partial charge in [-0.05, 0) is 38.4 Å². The van der Waals surface area contributed by atoms with E-state index in [0.717, 1.165) is 12.0 Å². The van der Waals surface area contributed by atoms with Gasteiger partial charge < -0.3 is 5.32 Å². The molecular weight excluding hydrogens is 300 g/mol. The fourth-order valence-electron chi connectivity index (χ4n) is 1.87. The summed E-state index contributed by atoms with van der Waals surface area (Å²) in [7, 11) is 0. The monoisotopic (exact) mass is 317 g/mol. The normalized spacial score (nSPS) is 12.5. The first kappa shape index (κ1) is 15.3. The molecule has 0 aromatic heterocycles. The number of allylic oxidation sites excluding steroid dienone is 1. The lowest BCUT2D eigenvalue weighted by Crippen LogP contribution is -2.23. The Morgan fingerprint density at radius 1 is 1.39 bits per heavy atom. The quantitative estimate of drug-likeness (QED) is 0.748. The number of hydrogen-bond acceptors (Lipinski definition) is 1. The largest absolute Gasteiger partial charge is 0.310 e. The predicted molar refractivity (Wildman–Crippen MR) is 74.5 cm³/mol. The zero-order valence-corrected chi connectivity index (χ0v) is 12.3.